The quantitative estimate of drug-likeness (QED) is 0.237. The molecule has 1 fully saturated rings. The number of ether oxygens (including phenoxy) is 1. The van der Waals surface area contributed by atoms with Gasteiger partial charge < -0.3 is 19.6 Å². The molecule has 2 aromatic heterocycles. The minimum atomic E-state index is -0.689. The number of imidazole rings is 1. The summed E-state index contributed by atoms with van der Waals surface area (Å²) >= 11 is 0. The van der Waals surface area contributed by atoms with E-state index in [-0.39, 0.29) is 28.5 Å². The van der Waals surface area contributed by atoms with Gasteiger partial charge in [0.15, 0.2) is 5.82 Å². The minimum Gasteiger partial charge on any atom is -0.456 e. The number of aromatic amines is 1. The lowest BCUT2D eigenvalue weighted by atomic mass is 9.85. The largest absolute Gasteiger partial charge is 0.456 e. The summed E-state index contributed by atoms with van der Waals surface area (Å²) in [6.07, 6.45) is 8.84. The van der Waals surface area contributed by atoms with Crippen LogP contribution in [0.3, 0.4) is 0 Å². The molecule has 0 spiro atoms. The molecule has 1 atom stereocenters. The molecule has 1 aliphatic rings. The Hall–Kier alpha value is -4.01. The fourth-order valence-corrected chi connectivity index (χ4v) is 5.61. The predicted molar refractivity (Wildman–Crippen MR) is 154 cm³/mol. The van der Waals surface area contributed by atoms with Crippen LogP contribution in [0.15, 0.2) is 47.2 Å². The molecule has 41 heavy (non-hydrogen) atoms. The van der Waals surface area contributed by atoms with E-state index >= 15 is 4.39 Å². The van der Waals surface area contributed by atoms with Crippen LogP contribution in [-0.4, -0.2) is 32.6 Å². The Morgan fingerprint density at radius 1 is 1.02 bits per heavy atom. The number of nitrogens with zero attached hydrogens (tertiary/aromatic N) is 2. The van der Waals surface area contributed by atoms with Crippen LogP contribution in [-0.2, 0) is 4.74 Å². The van der Waals surface area contributed by atoms with Gasteiger partial charge in [0, 0.05) is 5.56 Å². The van der Waals surface area contributed by atoms with Crippen LogP contribution in [0.2, 0.25) is 0 Å². The van der Waals surface area contributed by atoms with Gasteiger partial charge in [-0.15, -0.1) is 0 Å². The molecular weight excluding hydrogens is 523 g/mol. The second kappa shape index (κ2) is 11.8. The van der Waals surface area contributed by atoms with E-state index in [0.717, 1.165) is 38.5 Å². The van der Waals surface area contributed by atoms with E-state index in [1.165, 1.54) is 12.7 Å². The molecule has 0 aliphatic heterocycles. The molecule has 1 aliphatic carbocycles. The van der Waals surface area contributed by atoms with Crippen molar-refractivity contribution < 1.29 is 23.2 Å². The van der Waals surface area contributed by atoms with Crippen LogP contribution in [0.5, 0.6) is 0 Å². The first kappa shape index (κ1) is 28.5. The molecule has 0 bridgehead atoms. The van der Waals surface area contributed by atoms with Gasteiger partial charge in [-0.2, -0.15) is 0 Å². The monoisotopic (exact) mass is 560 g/mol. The highest BCUT2D eigenvalue weighted by Gasteiger charge is 2.30. The molecule has 2 heterocycles. The molecule has 9 heteroatoms. The first-order valence-corrected chi connectivity index (χ1v) is 14.3. The van der Waals surface area contributed by atoms with Crippen molar-refractivity contribution in [1.29, 1.82) is 0 Å². The first-order valence-electron chi connectivity index (χ1n) is 14.3. The average Bonchev–Trinajstić information content (AvgIpc) is 3.53. The lowest BCUT2D eigenvalue weighted by Gasteiger charge is -2.28. The zero-order chi connectivity index (χ0) is 29.1. The van der Waals surface area contributed by atoms with E-state index in [1.54, 1.807) is 64.1 Å². The van der Waals surface area contributed by atoms with Crippen LogP contribution in [0.4, 0.5) is 4.39 Å². The summed E-state index contributed by atoms with van der Waals surface area (Å²) in [6, 6.07) is 9.79. The third-order valence-corrected chi connectivity index (χ3v) is 7.64. The van der Waals surface area contributed by atoms with Gasteiger partial charge in [-0.05, 0) is 70.2 Å². The Morgan fingerprint density at radius 2 is 1.73 bits per heavy atom. The highest BCUT2D eigenvalue weighted by atomic mass is 19.1. The summed E-state index contributed by atoms with van der Waals surface area (Å²) in [7, 11) is 0. The number of benzene rings is 2. The molecule has 5 rings (SSSR count). The zero-order valence-electron chi connectivity index (χ0n) is 24.1. The molecule has 2 N–H and O–H groups in total. The molecule has 0 radical (unpaired) electrons. The molecule has 8 nitrogen and oxygen atoms in total. The van der Waals surface area contributed by atoms with Crippen molar-refractivity contribution in [3.8, 4) is 11.1 Å². The number of carbonyl (C=O) groups excluding carboxylic acids is 2. The normalized spacial score (nSPS) is 15.7. The zero-order valence-corrected chi connectivity index (χ0v) is 24.1. The van der Waals surface area contributed by atoms with Gasteiger partial charge >= 0.3 is 5.97 Å². The van der Waals surface area contributed by atoms with Gasteiger partial charge in [0.25, 0.3) is 5.91 Å². The predicted octanol–water partition coefficient (Wildman–Crippen LogP) is 7.45. The molecule has 0 saturated heterocycles. The number of hydrogen-bond donors (Lipinski definition) is 2. The third kappa shape index (κ3) is 6.34. The summed E-state index contributed by atoms with van der Waals surface area (Å²) in [5, 5.41) is 6.99. The van der Waals surface area contributed by atoms with Crippen molar-refractivity contribution in [3.63, 3.8) is 0 Å². The molecule has 1 amide bonds. The standard InChI is InChI=1S/C32H37FN4O4/c1-19-24(18-40-37-19)30(38)36-27(20-12-8-6-5-7-9-13-20)29-34-25-17-16-22(26(33)28(25)35-29)21-14-10-11-15-23(21)31(39)41-32(2,3)4/h10-11,14-18,20,27H,5-9,12-13H2,1-4H3,(H,34,35)(H,36,38). The first-order chi connectivity index (χ1) is 19.6. The van der Waals surface area contributed by atoms with Gasteiger partial charge in [-0.1, -0.05) is 55.5 Å². The second-order valence-corrected chi connectivity index (χ2v) is 11.9. The molecule has 1 unspecified atom stereocenters. The lowest BCUT2D eigenvalue weighted by molar-refractivity contribution is 0.00703. The Labute approximate surface area is 239 Å². The van der Waals surface area contributed by atoms with Crippen LogP contribution in [0, 0.1) is 18.7 Å². The fraction of sp³-hybridized carbons (Fsp3) is 0.438. The molecular formula is C32H37FN4O4. The van der Waals surface area contributed by atoms with E-state index in [2.05, 4.69) is 15.5 Å². The SMILES string of the molecule is Cc1nocc1C(=O)NC(c1nc2c(F)c(-c3ccccc3C(=O)OC(C)(C)C)ccc2[nH]1)C1CCCCCCC1. The summed E-state index contributed by atoms with van der Waals surface area (Å²) in [5.74, 6) is -0.728. The van der Waals surface area contributed by atoms with Crippen LogP contribution >= 0.6 is 0 Å². The number of carbonyl (C=O) groups is 2. The van der Waals surface area contributed by atoms with Gasteiger partial charge in [-0.25, -0.2) is 14.2 Å². The van der Waals surface area contributed by atoms with E-state index in [1.807, 2.05) is 0 Å². The topological polar surface area (TPSA) is 110 Å². The van der Waals surface area contributed by atoms with Gasteiger partial charge in [-0.3, -0.25) is 4.79 Å². The maximum atomic E-state index is 16.2. The number of hydrogen-bond acceptors (Lipinski definition) is 6. The van der Waals surface area contributed by atoms with E-state index < -0.39 is 23.4 Å². The van der Waals surface area contributed by atoms with Crippen LogP contribution in [0.25, 0.3) is 22.2 Å². The molecule has 4 aromatic rings. The van der Waals surface area contributed by atoms with Crippen LogP contribution < -0.4 is 5.32 Å². The number of halogens is 1. The number of aryl methyl sites for hydroxylation is 1. The summed E-state index contributed by atoms with van der Waals surface area (Å²) in [4.78, 5) is 34.2. The number of rotatable bonds is 6. The Bertz CT molecular complexity index is 1540. The van der Waals surface area contributed by atoms with E-state index in [4.69, 9.17) is 14.2 Å². The Morgan fingerprint density at radius 3 is 2.41 bits per heavy atom. The van der Waals surface area contributed by atoms with Gasteiger partial charge in [0.05, 0.1) is 22.8 Å². The number of aromatic nitrogens is 3. The summed E-state index contributed by atoms with van der Waals surface area (Å²) in [5.41, 5.74) is 1.81. The Balaban J connectivity index is 1.53. The minimum absolute atomic E-state index is 0.135. The Kier molecular flexibility index (Phi) is 8.24. The summed E-state index contributed by atoms with van der Waals surface area (Å²) in [6.45, 7) is 7.10. The smallest absolute Gasteiger partial charge is 0.339 e. The van der Waals surface area contributed by atoms with Crippen molar-refractivity contribution in [2.24, 2.45) is 5.92 Å². The molecule has 1 saturated carbocycles. The van der Waals surface area contributed by atoms with Crippen molar-refractivity contribution in [2.45, 2.75) is 84.3 Å². The second-order valence-electron chi connectivity index (χ2n) is 11.9. The highest BCUT2D eigenvalue weighted by Crippen LogP contribution is 2.36. The van der Waals surface area contributed by atoms with Crippen molar-refractivity contribution >= 4 is 22.9 Å². The van der Waals surface area contributed by atoms with Gasteiger partial charge in [0.2, 0.25) is 0 Å². The van der Waals surface area contributed by atoms with Crippen LogP contribution in [0.1, 0.15) is 104 Å². The van der Waals surface area contributed by atoms with Crippen molar-refractivity contribution in [1.82, 2.24) is 20.4 Å². The molecule has 2 aromatic carbocycles. The molecule has 216 valence electrons. The summed E-state index contributed by atoms with van der Waals surface area (Å²) < 4.78 is 26.7. The highest BCUT2D eigenvalue weighted by molar-refractivity contribution is 5.99. The number of amides is 1. The van der Waals surface area contributed by atoms with Crippen molar-refractivity contribution in [3.05, 3.63) is 71.1 Å². The maximum Gasteiger partial charge on any atom is 0.339 e. The number of fused-ring (bicyclic) bond motifs is 1. The number of nitrogens with one attached hydrogen (secondary N) is 2. The fourth-order valence-electron chi connectivity index (χ4n) is 5.61. The number of H-pyrrole nitrogens is 1. The lowest BCUT2D eigenvalue weighted by Crippen LogP contribution is -2.35. The van der Waals surface area contributed by atoms with Gasteiger partial charge in [0.1, 0.15) is 28.8 Å². The van der Waals surface area contributed by atoms with Crippen molar-refractivity contribution in [2.75, 3.05) is 0 Å². The maximum absolute atomic E-state index is 16.2. The van der Waals surface area contributed by atoms with E-state index in [0.29, 0.717) is 28.2 Å². The van der Waals surface area contributed by atoms with E-state index in [9.17, 15) is 9.59 Å². The number of esters is 1. The average molecular weight is 561 g/mol. The third-order valence-electron chi connectivity index (χ3n) is 7.64.